The Morgan fingerprint density at radius 2 is 2.20 bits per heavy atom. The van der Waals surface area contributed by atoms with Gasteiger partial charge in [-0.3, -0.25) is 14.7 Å². The molecule has 0 aliphatic heterocycles. The van der Waals surface area contributed by atoms with E-state index >= 15 is 0 Å². The van der Waals surface area contributed by atoms with Gasteiger partial charge in [-0.15, -0.1) is 5.10 Å². The fourth-order valence-electron chi connectivity index (χ4n) is 1.43. The Morgan fingerprint density at radius 3 is 2.90 bits per heavy atom. The first-order valence-electron chi connectivity index (χ1n) is 6.26. The smallest absolute Gasteiger partial charge is 0.254 e. The van der Waals surface area contributed by atoms with Crippen LogP contribution in [0.15, 0.2) is 35.5 Å². The number of aryl methyl sites for hydroxylation is 1. The van der Waals surface area contributed by atoms with Gasteiger partial charge >= 0.3 is 0 Å². The van der Waals surface area contributed by atoms with Gasteiger partial charge in [0.2, 0.25) is 5.16 Å². The van der Waals surface area contributed by atoms with Gasteiger partial charge in [-0.2, -0.15) is 0 Å². The number of amides is 1. The molecule has 0 radical (unpaired) electrons. The number of aromatic amines is 1. The Kier molecular flexibility index (Phi) is 5.57. The van der Waals surface area contributed by atoms with Crippen LogP contribution >= 0.6 is 11.8 Å². The summed E-state index contributed by atoms with van der Waals surface area (Å²) in [4.78, 5) is 20.9. The highest BCUT2D eigenvalue weighted by molar-refractivity contribution is 7.99. The number of H-pyrrole nitrogens is 1. The Morgan fingerprint density at radius 1 is 1.40 bits per heavy atom. The minimum absolute atomic E-state index is 0.214. The monoisotopic (exact) mass is 292 g/mol. The van der Waals surface area contributed by atoms with E-state index in [1.165, 1.54) is 11.8 Å². The fourth-order valence-corrected chi connectivity index (χ4v) is 2.04. The van der Waals surface area contributed by atoms with Crippen LogP contribution in [0.25, 0.3) is 0 Å². The predicted octanol–water partition coefficient (Wildman–Crippen LogP) is 1.71. The average molecular weight is 292 g/mol. The number of aromatic nitrogens is 3. The Bertz CT molecular complexity index is 544. The van der Waals surface area contributed by atoms with Crippen molar-refractivity contribution in [3.63, 3.8) is 0 Å². The van der Waals surface area contributed by atoms with Crippen molar-refractivity contribution in [2.24, 2.45) is 0 Å². The maximum atomic E-state index is 11.6. The molecule has 2 rings (SSSR count). The van der Waals surface area contributed by atoms with Crippen LogP contribution in [0.5, 0.6) is 0 Å². The molecule has 0 saturated heterocycles. The summed E-state index contributed by atoms with van der Waals surface area (Å²) in [5, 5.41) is 7.36. The van der Waals surface area contributed by atoms with Crippen molar-refractivity contribution in [1.82, 2.24) is 20.7 Å². The summed E-state index contributed by atoms with van der Waals surface area (Å²) in [6.45, 7) is 2.33. The van der Waals surface area contributed by atoms with Crippen molar-refractivity contribution < 1.29 is 9.63 Å². The van der Waals surface area contributed by atoms with Gasteiger partial charge in [-0.05, 0) is 5.56 Å². The van der Waals surface area contributed by atoms with E-state index in [0.717, 1.165) is 17.8 Å². The van der Waals surface area contributed by atoms with Gasteiger partial charge in [0.05, 0.1) is 12.4 Å². The van der Waals surface area contributed by atoms with Gasteiger partial charge in [0.1, 0.15) is 5.82 Å². The zero-order valence-corrected chi connectivity index (χ0v) is 11.9. The van der Waals surface area contributed by atoms with E-state index in [9.17, 15) is 4.79 Å². The minimum Gasteiger partial charge on any atom is -0.272 e. The summed E-state index contributed by atoms with van der Waals surface area (Å²) < 4.78 is 0. The van der Waals surface area contributed by atoms with E-state index in [1.807, 2.05) is 37.3 Å². The predicted molar refractivity (Wildman–Crippen MR) is 75.9 cm³/mol. The number of hydrogen-bond donors (Lipinski definition) is 2. The number of hydrogen-bond acceptors (Lipinski definition) is 5. The lowest BCUT2D eigenvalue weighted by atomic mass is 10.2. The first-order chi connectivity index (χ1) is 9.78. The quantitative estimate of drug-likeness (QED) is 0.600. The average Bonchev–Trinajstić information content (AvgIpc) is 2.94. The molecule has 20 heavy (non-hydrogen) atoms. The highest BCUT2D eigenvalue weighted by Gasteiger charge is 2.07. The lowest BCUT2D eigenvalue weighted by Gasteiger charge is -2.04. The van der Waals surface area contributed by atoms with Crippen LogP contribution in [-0.2, 0) is 22.7 Å². The third kappa shape index (κ3) is 4.67. The van der Waals surface area contributed by atoms with Crippen molar-refractivity contribution in [2.75, 3.05) is 5.75 Å². The minimum atomic E-state index is -0.214. The molecule has 0 fully saturated rings. The molecule has 0 atom stereocenters. The van der Waals surface area contributed by atoms with Crippen molar-refractivity contribution in [1.29, 1.82) is 0 Å². The number of rotatable bonds is 7. The second-order valence-electron chi connectivity index (χ2n) is 4.01. The molecule has 0 saturated carbocycles. The molecular formula is C13H16N4O2S. The van der Waals surface area contributed by atoms with E-state index in [2.05, 4.69) is 20.7 Å². The van der Waals surface area contributed by atoms with E-state index in [4.69, 9.17) is 4.84 Å². The molecule has 1 aromatic heterocycles. The number of carbonyl (C=O) groups is 1. The molecule has 1 amide bonds. The summed E-state index contributed by atoms with van der Waals surface area (Å²) in [5.74, 6) is 0.817. The van der Waals surface area contributed by atoms with Crippen LogP contribution in [0.4, 0.5) is 0 Å². The van der Waals surface area contributed by atoms with Crippen LogP contribution in [-0.4, -0.2) is 26.8 Å². The van der Waals surface area contributed by atoms with Crippen LogP contribution in [0.2, 0.25) is 0 Å². The maximum Gasteiger partial charge on any atom is 0.254 e. The second kappa shape index (κ2) is 7.66. The van der Waals surface area contributed by atoms with Gasteiger partial charge in [-0.25, -0.2) is 10.5 Å². The summed E-state index contributed by atoms with van der Waals surface area (Å²) in [5.41, 5.74) is 3.40. The summed E-state index contributed by atoms with van der Waals surface area (Å²) in [6.07, 6.45) is 0.792. The molecular weight excluding hydrogens is 276 g/mol. The first-order valence-corrected chi connectivity index (χ1v) is 7.25. The lowest BCUT2D eigenvalue weighted by molar-refractivity contribution is -0.131. The van der Waals surface area contributed by atoms with Crippen LogP contribution < -0.4 is 5.48 Å². The molecule has 6 nitrogen and oxygen atoms in total. The van der Waals surface area contributed by atoms with E-state index in [-0.39, 0.29) is 11.7 Å². The molecule has 7 heteroatoms. The van der Waals surface area contributed by atoms with Crippen molar-refractivity contribution in [3.05, 3.63) is 41.7 Å². The first kappa shape index (κ1) is 14.5. The molecule has 106 valence electrons. The summed E-state index contributed by atoms with van der Waals surface area (Å²) in [6, 6.07) is 9.64. The molecule has 0 aliphatic carbocycles. The van der Waals surface area contributed by atoms with Crippen LogP contribution in [0.1, 0.15) is 18.3 Å². The van der Waals surface area contributed by atoms with Gasteiger partial charge in [-0.1, -0.05) is 49.0 Å². The fraction of sp³-hybridized carbons (Fsp3) is 0.308. The number of benzene rings is 1. The zero-order chi connectivity index (χ0) is 14.2. The molecule has 0 bridgehead atoms. The second-order valence-corrected chi connectivity index (χ2v) is 4.95. The molecule has 0 unspecified atom stereocenters. The molecule has 1 aromatic carbocycles. The lowest BCUT2D eigenvalue weighted by Crippen LogP contribution is -2.25. The van der Waals surface area contributed by atoms with E-state index in [0.29, 0.717) is 11.8 Å². The van der Waals surface area contributed by atoms with Gasteiger partial charge in [0, 0.05) is 6.42 Å². The zero-order valence-electron chi connectivity index (χ0n) is 11.1. The number of nitrogens with zero attached hydrogens (tertiary/aromatic N) is 2. The van der Waals surface area contributed by atoms with Gasteiger partial charge < -0.3 is 0 Å². The maximum absolute atomic E-state index is 11.6. The van der Waals surface area contributed by atoms with Crippen LogP contribution in [0, 0.1) is 0 Å². The van der Waals surface area contributed by atoms with Gasteiger partial charge in [0.15, 0.2) is 0 Å². The Balaban J connectivity index is 1.65. The number of carbonyl (C=O) groups excluding carboxylic acids is 1. The highest BCUT2D eigenvalue weighted by atomic mass is 32.2. The highest BCUT2D eigenvalue weighted by Crippen LogP contribution is 2.11. The Hall–Kier alpha value is -1.86. The largest absolute Gasteiger partial charge is 0.272 e. The number of hydroxylamine groups is 1. The van der Waals surface area contributed by atoms with Gasteiger partial charge in [0.25, 0.3) is 5.91 Å². The molecule has 2 aromatic rings. The standard InChI is InChI=1S/C13H16N4O2S/c1-2-11-14-13(16-15-11)20-9-12(18)17-19-8-10-6-4-3-5-7-10/h3-7H,2,8-9H2,1H3,(H,17,18)(H,14,15,16). The topological polar surface area (TPSA) is 79.9 Å². The molecule has 2 N–H and O–H groups in total. The SMILES string of the molecule is CCc1nc(SCC(=O)NOCc2ccccc2)n[nH]1. The van der Waals surface area contributed by atoms with E-state index < -0.39 is 0 Å². The molecule has 0 spiro atoms. The van der Waals surface area contributed by atoms with Crippen LogP contribution in [0.3, 0.4) is 0 Å². The summed E-state index contributed by atoms with van der Waals surface area (Å²) >= 11 is 1.27. The molecule has 1 heterocycles. The third-order valence-electron chi connectivity index (χ3n) is 2.45. The van der Waals surface area contributed by atoms with Crippen molar-refractivity contribution >= 4 is 17.7 Å². The summed E-state index contributed by atoms with van der Waals surface area (Å²) in [7, 11) is 0. The van der Waals surface area contributed by atoms with Crippen molar-refractivity contribution in [3.8, 4) is 0 Å². The number of nitrogens with one attached hydrogen (secondary N) is 2. The normalized spacial score (nSPS) is 10.4. The van der Waals surface area contributed by atoms with Crippen molar-refractivity contribution in [2.45, 2.75) is 25.1 Å². The third-order valence-corrected chi connectivity index (χ3v) is 3.29. The number of thioether (sulfide) groups is 1. The van der Waals surface area contributed by atoms with E-state index in [1.54, 1.807) is 0 Å². The molecule has 0 aliphatic rings. The Labute approximate surface area is 121 Å².